The van der Waals surface area contributed by atoms with Crippen LogP contribution >= 0.6 is 12.6 Å². The third-order valence-electron chi connectivity index (χ3n) is 5.10. The van der Waals surface area contributed by atoms with Crippen molar-refractivity contribution in [3.63, 3.8) is 0 Å². The number of hydrogen-bond donors (Lipinski definition) is 4. The molecular weight excluding hydrogens is 290 g/mol. The Morgan fingerprint density at radius 1 is 0.909 bits per heavy atom. The maximum absolute atomic E-state index is 6.21. The van der Waals surface area contributed by atoms with E-state index in [9.17, 15) is 0 Å². The Balaban J connectivity index is 4.87. The van der Waals surface area contributed by atoms with Crippen molar-refractivity contribution in [2.75, 3.05) is 0 Å². The molecule has 0 bridgehead atoms. The van der Waals surface area contributed by atoms with Crippen molar-refractivity contribution < 1.29 is 0 Å². The second kappa shape index (κ2) is 10.2. The molecule has 4 unspecified atom stereocenters. The Kier molecular flexibility index (Phi) is 10.3. The average Bonchev–Trinajstić information content (AvgIpc) is 2.45. The molecule has 0 aliphatic heterocycles. The molecule has 0 aliphatic carbocycles. The van der Waals surface area contributed by atoms with Gasteiger partial charge in [0, 0.05) is 28.5 Å². The van der Waals surface area contributed by atoms with Crippen LogP contribution < -0.4 is 16.4 Å². The quantitative estimate of drug-likeness (QED) is 0.322. The molecular formula is C18H41N3S. The zero-order chi connectivity index (χ0) is 17.4. The molecule has 0 saturated heterocycles. The number of thiol groups is 1. The Hall–Kier alpha value is 0.230. The third kappa shape index (κ3) is 8.19. The molecule has 0 aromatic rings. The molecule has 0 saturated carbocycles. The van der Waals surface area contributed by atoms with Gasteiger partial charge in [0.25, 0.3) is 0 Å². The summed E-state index contributed by atoms with van der Waals surface area (Å²) in [5.74, 6) is 0. The van der Waals surface area contributed by atoms with Crippen LogP contribution in [0.15, 0.2) is 0 Å². The van der Waals surface area contributed by atoms with Crippen LogP contribution in [0.3, 0.4) is 0 Å². The minimum absolute atomic E-state index is 0.121. The lowest BCUT2D eigenvalue weighted by Crippen LogP contribution is -2.55. The normalized spacial score (nSPS) is 21.7. The predicted octanol–water partition coefficient (Wildman–Crippen LogP) is 4.07. The summed E-state index contributed by atoms with van der Waals surface area (Å²) in [6.45, 7) is 15.7. The van der Waals surface area contributed by atoms with Gasteiger partial charge in [-0.05, 0) is 59.3 Å². The molecule has 22 heavy (non-hydrogen) atoms. The van der Waals surface area contributed by atoms with Crippen LogP contribution in [0.5, 0.6) is 0 Å². The fourth-order valence-corrected chi connectivity index (χ4v) is 3.48. The van der Waals surface area contributed by atoms with E-state index in [0.717, 1.165) is 38.5 Å². The SMILES string of the molecule is CCC(N)CC(C)(CC)NC(CC)CC(C)(CC)N[C@H](C)S. The minimum Gasteiger partial charge on any atom is -0.328 e. The first-order valence-electron chi connectivity index (χ1n) is 9.12. The highest BCUT2D eigenvalue weighted by Crippen LogP contribution is 2.24. The van der Waals surface area contributed by atoms with Gasteiger partial charge in [-0.15, -0.1) is 0 Å². The summed E-state index contributed by atoms with van der Waals surface area (Å²) >= 11 is 4.51. The summed E-state index contributed by atoms with van der Waals surface area (Å²) in [6, 6.07) is 0.779. The molecule has 0 aromatic heterocycles. The summed E-state index contributed by atoms with van der Waals surface area (Å²) in [6.07, 6.45) is 6.54. The molecule has 0 amide bonds. The zero-order valence-corrected chi connectivity index (χ0v) is 16.9. The molecule has 5 atom stereocenters. The average molecular weight is 332 g/mol. The van der Waals surface area contributed by atoms with Gasteiger partial charge in [-0.3, -0.25) is 0 Å². The molecule has 0 aliphatic rings. The molecule has 134 valence electrons. The van der Waals surface area contributed by atoms with E-state index in [1.54, 1.807) is 0 Å². The first kappa shape index (κ1) is 22.2. The molecule has 0 heterocycles. The Labute approximate surface area is 145 Å². The van der Waals surface area contributed by atoms with Gasteiger partial charge in [-0.25, -0.2) is 0 Å². The van der Waals surface area contributed by atoms with Gasteiger partial charge in [-0.2, -0.15) is 12.6 Å². The van der Waals surface area contributed by atoms with Crippen LogP contribution in [0.2, 0.25) is 0 Å². The predicted molar refractivity (Wildman–Crippen MR) is 104 cm³/mol. The number of nitrogens with two attached hydrogens (primary N) is 1. The largest absolute Gasteiger partial charge is 0.328 e. The van der Waals surface area contributed by atoms with Gasteiger partial charge >= 0.3 is 0 Å². The van der Waals surface area contributed by atoms with Crippen molar-refractivity contribution >= 4 is 12.6 Å². The monoisotopic (exact) mass is 331 g/mol. The van der Waals surface area contributed by atoms with E-state index >= 15 is 0 Å². The van der Waals surface area contributed by atoms with Crippen LogP contribution in [-0.2, 0) is 0 Å². The number of nitrogens with one attached hydrogen (secondary N) is 2. The second-order valence-corrected chi connectivity index (χ2v) is 8.25. The van der Waals surface area contributed by atoms with E-state index in [1.165, 1.54) is 0 Å². The second-order valence-electron chi connectivity index (χ2n) is 7.47. The van der Waals surface area contributed by atoms with Crippen LogP contribution in [0.25, 0.3) is 0 Å². The summed E-state index contributed by atoms with van der Waals surface area (Å²) in [5, 5.41) is 7.76. The highest BCUT2D eigenvalue weighted by atomic mass is 32.1. The van der Waals surface area contributed by atoms with Gasteiger partial charge in [0.15, 0.2) is 0 Å². The summed E-state index contributed by atoms with van der Waals surface area (Å²) in [7, 11) is 0. The van der Waals surface area contributed by atoms with Crippen LogP contribution in [-0.4, -0.2) is 28.5 Å². The van der Waals surface area contributed by atoms with Crippen molar-refractivity contribution in [2.45, 2.75) is 116 Å². The van der Waals surface area contributed by atoms with Gasteiger partial charge in [0.05, 0.1) is 0 Å². The summed E-state index contributed by atoms with van der Waals surface area (Å²) < 4.78 is 0. The van der Waals surface area contributed by atoms with Gasteiger partial charge in [-0.1, -0.05) is 27.7 Å². The standard InChI is InChI=1S/C18H41N3S/c1-8-15(19)12-17(6,10-3)21-16(9-2)13-18(7,11-4)20-14(5)22/h14-16,20-22H,8-13,19H2,1-7H3/t14-,15?,16?,17?,18?/m0/s1. The molecule has 4 N–H and O–H groups in total. The highest BCUT2D eigenvalue weighted by molar-refractivity contribution is 7.80. The molecule has 0 aromatic carbocycles. The van der Waals surface area contributed by atoms with Gasteiger partial charge < -0.3 is 16.4 Å². The molecule has 4 heteroatoms. The van der Waals surface area contributed by atoms with Crippen LogP contribution in [0.4, 0.5) is 0 Å². The van der Waals surface area contributed by atoms with E-state index in [2.05, 4.69) is 71.7 Å². The number of rotatable bonds is 12. The van der Waals surface area contributed by atoms with Gasteiger partial charge in [0.2, 0.25) is 0 Å². The van der Waals surface area contributed by atoms with E-state index in [4.69, 9.17) is 5.73 Å². The minimum atomic E-state index is 0.121. The first-order valence-corrected chi connectivity index (χ1v) is 9.64. The lowest BCUT2D eigenvalue weighted by molar-refractivity contribution is 0.208. The molecule has 0 spiro atoms. The van der Waals surface area contributed by atoms with Crippen LogP contribution in [0, 0.1) is 0 Å². The van der Waals surface area contributed by atoms with E-state index in [0.29, 0.717) is 6.04 Å². The van der Waals surface area contributed by atoms with E-state index in [1.807, 2.05) is 0 Å². The summed E-state index contributed by atoms with van der Waals surface area (Å²) in [4.78, 5) is 0. The maximum atomic E-state index is 6.21. The van der Waals surface area contributed by atoms with Crippen molar-refractivity contribution in [1.29, 1.82) is 0 Å². The van der Waals surface area contributed by atoms with Crippen molar-refractivity contribution in [1.82, 2.24) is 10.6 Å². The highest BCUT2D eigenvalue weighted by Gasteiger charge is 2.31. The van der Waals surface area contributed by atoms with Crippen molar-refractivity contribution in [3.05, 3.63) is 0 Å². The fraction of sp³-hybridized carbons (Fsp3) is 1.00. The third-order valence-corrected chi connectivity index (χ3v) is 5.23. The Morgan fingerprint density at radius 2 is 1.41 bits per heavy atom. The maximum Gasteiger partial charge on any atom is 0.0477 e. The van der Waals surface area contributed by atoms with E-state index in [-0.39, 0.29) is 22.5 Å². The molecule has 0 fully saturated rings. The molecule has 3 nitrogen and oxygen atoms in total. The van der Waals surface area contributed by atoms with E-state index < -0.39 is 0 Å². The molecule has 0 radical (unpaired) electrons. The topological polar surface area (TPSA) is 50.1 Å². The number of hydrogen-bond acceptors (Lipinski definition) is 4. The van der Waals surface area contributed by atoms with Crippen LogP contribution in [0.1, 0.15) is 87.0 Å². The van der Waals surface area contributed by atoms with Gasteiger partial charge in [0.1, 0.15) is 0 Å². The molecule has 0 rings (SSSR count). The van der Waals surface area contributed by atoms with Crippen molar-refractivity contribution in [2.24, 2.45) is 5.73 Å². The summed E-state index contributed by atoms with van der Waals surface area (Å²) in [5.41, 5.74) is 6.45. The van der Waals surface area contributed by atoms with Crippen molar-refractivity contribution in [3.8, 4) is 0 Å². The first-order chi connectivity index (χ1) is 10.1. The Morgan fingerprint density at radius 3 is 1.77 bits per heavy atom. The lowest BCUT2D eigenvalue weighted by atomic mass is 9.84. The smallest absolute Gasteiger partial charge is 0.0477 e. The lowest BCUT2D eigenvalue weighted by Gasteiger charge is -2.40. The zero-order valence-electron chi connectivity index (χ0n) is 16.0. The Bertz CT molecular complexity index is 298. The fourth-order valence-electron chi connectivity index (χ4n) is 3.17.